The Hall–Kier alpha value is -0.570. The Morgan fingerprint density at radius 3 is 2.93 bits per heavy atom. The first kappa shape index (κ1) is 10.9. The molecule has 1 aromatic carbocycles. The number of hydrogen-bond acceptors (Lipinski definition) is 2. The topological polar surface area (TPSA) is 21.3 Å². The molecule has 2 nitrogen and oxygen atoms in total. The summed E-state index contributed by atoms with van der Waals surface area (Å²) < 4.78 is 5.99. The average molecular weight is 226 g/mol. The minimum absolute atomic E-state index is 0.104. The van der Waals surface area contributed by atoms with Crippen LogP contribution in [0.5, 0.6) is 0 Å². The van der Waals surface area contributed by atoms with Gasteiger partial charge in [-0.25, -0.2) is 0 Å². The molecule has 3 heteroatoms. The third-order valence-electron chi connectivity index (χ3n) is 2.56. The molecule has 1 fully saturated rings. The number of morpholine rings is 1. The van der Waals surface area contributed by atoms with E-state index < -0.39 is 0 Å². The highest BCUT2D eigenvalue weighted by Gasteiger charge is 2.29. The van der Waals surface area contributed by atoms with E-state index in [1.807, 2.05) is 18.2 Å². The molecule has 1 aliphatic rings. The lowest BCUT2D eigenvalue weighted by atomic mass is 10.0. The zero-order valence-electron chi connectivity index (χ0n) is 9.09. The van der Waals surface area contributed by atoms with Crippen LogP contribution in [0.15, 0.2) is 24.3 Å². The monoisotopic (exact) mass is 225 g/mol. The summed E-state index contributed by atoms with van der Waals surface area (Å²) in [4.78, 5) is 0. The summed E-state index contributed by atoms with van der Waals surface area (Å²) in [6.07, 6.45) is 0.104. The molecule has 0 spiro atoms. The molecule has 0 saturated carbocycles. The van der Waals surface area contributed by atoms with Crippen LogP contribution in [0.4, 0.5) is 0 Å². The Labute approximate surface area is 95.6 Å². The lowest BCUT2D eigenvalue weighted by molar-refractivity contribution is -0.0958. The van der Waals surface area contributed by atoms with E-state index in [2.05, 4.69) is 25.2 Å². The van der Waals surface area contributed by atoms with Crippen LogP contribution in [0.3, 0.4) is 0 Å². The maximum Gasteiger partial charge on any atom is 0.0957 e. The summed E-state index contributed by atoms with van der Waals surface area (Å²) in [5.41, 5.74) is 1.04. The van der Waals surface area contributed by atoms with Crippen molar-refractivity contribution in [2.24, 2.45) is 0 Å². The summed E-state index contributed by atoms with van der Waals surface area (Å²) in [7, 11) is 0. The van der Waals surface area contributed by atoms with Crippen LogP contribution >= 0.6 is 11.6 Å². The van der Waals surface area contributed by atoms with E-state index in [0.29, 0.717) is 0 Å². The van der Waals surface area contributed by atoms with Gasteiger partial charge in [0.25, 0.3) is 0 Å². The van der Waals surface area contributed by atoms with Crippen molar-refractivity contribution in [3.8, 4) is 0 Å². The van der Waals surface area contributed by atoms with Crippen molar-refractivity contribution in [2.45, 2.75) is 25.6 Å². The molecule has 0 aromatic heterocycles. The molecule has 1 saturated heterocycles. The molecule has 1 atom stereocenters. The fraction of sp³-hybridized carbons (Fsp3) is 0.500. The number of halogens is 1. The van der Waals surface area contributed by atoms with Crippen LogP contribution in [0, 0.1) is 0 Å². The van der Waals surface area contributed by atoms with Gasteiger partial charge in [0.2, 0.25) is 0 Å². The van der Waals surface area contributed by atoms with Gasteiger partial charge in [0.05, 0.1) is 11.7 Å². The first-order valence-corrected chi connectivity index (χ1v) is 5.59. The Balaban J connectivity index is 2.17. The van der Waals surface area contributed by atoms with Gasteiger partial charge < -0.3 is 10.1 Å². The van der Waals surface area contributed by atoms with Crippen molar-refractivity contribution in [3.63, 3.8) is 0 Å². The molecule has 2 rings (SSSR count). The van der Waals surface area contributed by atoms with Crippen LogP contribution in [0.1, 0.15) is 25.5 Å². The summed E-state index contributed by atoms with van der Waals surface area (Å²) >= 11 is 5.96. The van der Waals surface area contributed by atoms with Crippen LogP contribution in [0.2, 0.25) is 5.02 Å². The maximum absolute atomic E-state index is 5.99. The Morgan fingerprint density at radius 1 is 1.47 bits per heavy atom. The molecule has 1 aromatic rings. The second-order valence-electron chi connectivity index (χ2n) is 4.55. The number of ether oxygens (including phenoxy) is 1. The number of nitrogens with one attached hydrogen (secondary N) is 1. The van der Waals surface area contributed by atoms with Gasteiger partial charge in [-0.05, 0) is 31.5 Å². The number of hydrogen-bond donors (Lipinski definition) is 1. The van der Waals surface area contributed by atoms with E-state index in [4.69, 9.17) is 16.3 Å². The van der Waals surface area contributed by atoms with Crippen molar-refractivity contribution >= 4 is 11.6 Å². The van der Waals surface area contributed by atoms with Gasteiger partial charge in [0.15, 0.2) is 0 Å². The highest BCUT2D eigenvalue weighted by Crippen LogP contribution is 2.27. The minimum Gasteiger partial charge on any atom is -0.365 e. The van der Waals surface area contributed by atoms with Crippen LogP contribution in [0.25, 0.3) is 0 Å². The lowest BCUT2D eigenvalue weighted by Gasteiger charge is -2.36. The van der Waals surface area contributed by atoms with E-state index in [0.717, 1.165) is 23.7 Å². The first-order chi connectivity index (χ1) is 7.07. The molecule has 1 N–H and O–H groups in total. The highest BCUT2D eigenvalue weighted by atomic mass is 35.5. The predicted molar refractivity (Wildman–Crippen MR) is 62.2 cm³/mol. The molecule has 0 bridgehead atoms. The van der Waals surface area contributed by atoms with Crippen molar-refractivity contribution in [1.82, 2.24) is 5.32 Å². The summed E-state index contributed by atoms with van der Waals surface area (Å²) in [6.45, 7) is 5.93. The summed E-state index contributed by atoms with van der Waals surface area (Å²) in [5, 5.41) is 4.14. The molecule has 15 heavy (non-hydrogen) atoms. The van der Waals surface area contributed by atoms with Gasteiger partial charge in [-0.15, -0.1) is 0 Å². The van der Waals surface area contributed by atoms with Gasteiger partial charge in [-0.2, -0.15) is 0 Å². The molecule has 0 radical (unpaired) electrons. The summed E-state index contributed by atoms with van der Waals surface area (Å²) in [5.74, 6) is 0. The molecule has 0 amide bonds. The Kier molecular flexibility index (Phi) is 3.01. The third-order valence-corrected chi connectivity index (χ3v) is 2.80. The predicted octanol–water partition coefficient (Wildman–Crippen LogP) is 2.78. The molecule has 0 aliphatic carbocycles. The quantitative estimate of drug-likeness (QED) is 0.794. The van der Waals surface area contributed by atoms with Gasteiger partial charge in [-0.3, -0.25) is 0 Å². The maximum atomic E-state index is 5.99. The van der Waals surface area contributed by atoms with E-state index in [9.17, 15) is 0 Å². The van der Waals surface area contributed by atoms with E-state index in [1.165, 1.54) is 0 Å². The standard InChI is InChI=1S/C12H16ClNO/c1-12(2)8-14-7-11(15-12)9-4-3-5-10(13)6-9/h3-6,11,14H,7-8H2,1-2H3. The van der Waals surface area contributed by atoms with Crippen molar-refractivity contribution in [3.05, 3.63) is 34.9 Å². The van der Waals surface area contributed by atoms with Gasteiger partial charge in [0.1, 0.15) is 0 Å². The van der Waals surface area contributed by atoms with Crippen LogP contribution < -0.4 is 5.32 Å². The zero-order valence-corrected chi connectivity index (χ0v) is 9.84. The third kappa shape index (κ3) is 2.71. The van der Waals surface area contributed by atoms with E-state index in [-0.39, 0.29) is 11.7 Å². The van der Waals surface area contributed by atoms with Crippen LogP contribution in [-0.4, -0.2) is 18.7 Å². The average Bonchev–Trinajstić information content (AvgIpc) is 2.16. The van der Waals surface area contributed by atoms with Crippen molar-refractivity contribution in [2.75, 3.05) is 13.1 Å². The molecule has 82 valence electrons. The Bertz CT molecular complexity index is 351. The fourth-order valence-corrected chi connectivity index (χ4v) is 2.06. The zero-order chi connectivity index (χ0) is 10.9. The number of benzene rings is 1. The van der Waals surface area contributed by atoms with Gasteiger partial charge in [-0.1, -0.05) is 23.7 Å². The van der Waals surface area contributed by atoms with Crippen molar-refractivity contribution < 1.29 is 4.74 Å². The summed E-state index contributed by atoms with van der Waals surface area (Å²) in [6, 6.07) is 7.87. The SMILES string of the molecule is CC1(C)CNCC(c2cccc(Cl)c2)O1. The molecule has 1 heterocycles. The van der Waals surface area contributed by atoms with E-state index >= 15 is 0 Å². The van der Waals surface area contributed by atoms with E-state index in [1.54, 1.807) is 0 Å². The minimum atomic E-state index is -0.106. The first-order valence-electron chi connectivity index (χ1n) is 5.21. The second kappa shape index (κ2) is 4.12. The van der Waals surface area contributed by atoms with Crippen molar-refractivity contribution in [1.29, 1.82) is 0 Å². The largest absolute Gasteiger partial charge is 0.365 e. The molecular formula is C12H16ClNO. The van der Waals surface area contributed by atoms with Gasteiger partial charge in [0, 0.05) is 18.1 Å². The highest BCUT2D eigenvalue weighted by molar-refractivity contribution is 6.30. The second-order valence-corrected chi connectivity index (χ2v) is 4.99. The molecule has 1 unspecified atom stereocenters. The normalized spacial score (nSPS) is 25.1. The molecule has 1 aliphatic heterocycles. The smallest absolute Gasteiger partial charge is 0.0957 e. The number of rotatable bonds is 1. The fourth-order valence-electron chi connectivity index (χ4n) is 1.87. The molecular weight excluding hydrogens is 210 g/mol. The Morgan fingerprint density at radius 2 is 2.27 bits per heavy atom. The van der Waals surface area contributed by atoms with Gasteiger partial charge >= 0.3 is 0 Å². The lowest BCUT2D eigenvalue weighted by Crippen LogP contribution is -2.46. The van der Waals surface area contributed by atoms with Crippen LogP contribution in [-0.2, 0) is 4.74 Å².